The van der Waals surface area contributed by atoms with E-state index in [1.54, 1.807) is 49.1 Å². The average Bonchev–Trinajstić information content (AvgIpc) is 1.57. The third kappa shape index (κ3) is 18.6. The van der Waals surface area contributed by atoms with Crippen LogP contribution in [0.4, 0.5) is 30.2 Å². The number of nitro groups is 2. The van der Waals surface area contributed by atoms with Crippen molar-refractivity contribution in [2.24, 2.45) is 0 Å². The maximum Gasteiger partial charge on any atom is 0.534 e. The molecule has 6 rings (SSSR count). The number of carbonyl (C=O) groups is 3. The highest BCUT2D eigenvalue weighted by Gasteiger charge is 2.51. The van der Waals surface area contributed by atoms with Crippen molar-refractivity contribution >= 4 is 69.9 Å². The number of hydrogen-bond donors (Lipinski definition) is 1. The van der Waals surface area contributed by atoms with Crippen LogP contribution in [0.5, 0.6) is 17.2 Å². The smallest absolute Gasteiger partial charge is 0.496 e. The molecule has 512 valence electrons. The van der Waals surface area contributed by atoms with Gasteiger partial charge in [0.25, 0.3) is 29.1 Å². The first-order valence-corrected chi connectivity index (χ1v) is 40.1. The van der Waals surface area contributed by atoms with Gasteiger partial charge >= 0.3 is 15.6 Å². The quantitative estimate of drug-likeness (QED) is 0.0292. The summed E-state index contributed by atoms with van der Waals surface area (Å²) in [5.74, 6) is -0.813. The molecule has 0 fully saturated rings. The number of hydrogen-bond acceptors (Lipinski definition) is 17. The highest BCUT2D eigenvalue weighted by atomic mass is 32.2. The van der Waals surface area contributed by atoms with Crippen LogP contribution in [-0.4, -0.2) is 140 Å². The summed E-state index contributed by atoms with van der Waals surface area (Å²) < 4.78 is 101. The van der Waals surface area contributed by atoms with Gasteiger partial charge < -0.3 is 52.1 Å². The molecule has 3 aliphatic heterocycles. The summed E-state index contributed by atoms with van der Waals surface area (Å²) >= 11 is 0. The van der Waals surface area contributed by atoms with Gasteiger partial charge in [-0.1, -0.05) is 73.5 Å². The Morgan fingerprint density at radius 2 is 0.826 bits per heavy atom. The summed E-state index contributed by atoms with van der Waals surface area (Å²) in [7, 11) is -7.85. The molecule has 0 radical (unpaired) electrons. The Hall–Kier alpha value is -6.64. The highest BCUT2D eigenvalue weighted by molar-refractivity contribution is 7.87. The molecule has 0 aliphatic carbocycles. The first-order valence-electron chi connectivity index (χ1n) is 29.9. The summed E-state index contributed by atoms with van der Waals surface area (Å²) in [6.45, 7) is 41.7. The lowest BCUT2D eigenvalue weighted by molar-refractivity contribution is -0.385. The minimum Gasteiger partial charge on any atom is -0.496 e. The molecule has 0 saturated carbocycles. The molecule has 29 heteroatoms. The second kappa shape index (κ2) is 29.3. The Morgan fingerprint density at radius 1 is 0.533 bits per heavy atom. The van der Waals surface area contributed by atoms with Gasteiger partial charge in [0.05, 0.1) is 74.7 Å². The molecule has 3 amide bonds. The Labute approximate surface area is 543 Å². The zero-order valence-electron chi connectivity index (χ0n) is 57.6. The second-order valence-electron chi connectivity index (χ2n) is 28.1. The van der Waals surface area contributed by atoms with Crippen molar-refractivity contribution in [1.82, 2.24) is 14.7 Å². The SMILES string of the molecule is COc1cc(C(=O)N2C=C(C)C[C@H]2CO[Si](C)(C)C(C)(C)C)c(N)cc1C.COc1cc(C(=O)N2C=C(C)C[C@H]2CO[Si](C)(C)C(C)(C)C)c([N+](=O)[O-])cc1C.COc1cc(C(=O)N2C=C(OS(=O)(=O)C(F)(F)F)C[C@H]2CO[Si](C)(C)C(C)(C)C)c([N+](=O)[O-])cc1C. The van der Waals surface area contributed by atoms with Gasteiger partial charge in [-0.2, -0.15) is 21.6 Å². The lowest BCUT2D eigenvalue weighted by Gasteiger charge is -2.38. The van der Waals surface area contributed by atoms with Crippen LogP contribution in [0.25, 0.3) is 0 Å². The first-order chi connectivity index (χ1) is 41.9. The van der Waals surface area contributed by atoms with Gasteiger partial charge in [-0.05, 0) is 131 Å². The molecule has 0 aromatic heterocycles. The molecule has 0 spiro atoms. The Bertz CT molecular complexity index is 3480. The Kier molecular flexibility index (Phi) is 24.8. The van der Waals surface area contributed by atoms with Crippen LogP contribution in [0.1, 0.15) is 143 Å². The van der Waals surface area contributed by atoms with Gasteiger partial charge in [-0.25, -0.2) is 0 Å². The number of benzene rings is 3. The molecule has 92 heavy (non-hydrogen) atoms. The Morgan fingerprint density at radius 3 is 1.13 bits per heavy atom. The van der Waals surface area contributed by atoms with Crippen LogP contribution < -0.4 is 19.9 Å². The van der Waals surface area contributed by atoms with Crippen LogP contribution in [0.2, 0.25) is 54.4 Å². The molecule has 3 atom stereocenters. The number of aryl methyl sites for hydroxylation is 3. The molecule has 3 aliphatic rings. The van der Waals surface area contributed by atoms with Crippen molar-refractivity contribution in [3.63, 3.8) is 0 Å². The van der Waals surface area contributed by atoms with E-state index in [1.807, 2.05) is 60.8 Å². The monoisotopic (exact) mass is 1360 g/mol. The van der Waals surface area contributed by atoms with E-state index in [9.17, 15) is 56.2 Å². The Balaban J connectivity index is 0.000000298. The van der Waals surface area contributed by atoms with E-state index >= 15 is 0 Å². The van der Waals surface area contributed by atoms with E-state index in [0.29, 0.717) is 53.5 Å². The van der Waals surface area contributed by atoms with Crippen molar-refractivity contribution in [1.29, 1.82) is 0 Å². The minimum absolute atomic E-state index is 0.00155. The minimum atomic E-state index is -5.99. The fraction of sp³-hybridized carbons (Fsp3) is 0.571. The maximum atomic E-state index is 13.4. The van der Waals surface area contributed by atoms with Gasteiger partial charge in [-0.15, -0.1) is 0 Å². The predicted molar refractivity (Wildman–Crippen MR) is 356 cm³/mol. The maximum absolute atomic E-state index is 13.4. The van der Waals surface area contributed by atoms with Crippen molar-refractivity contribution < 1.29 is 77.5 Å². The number of ether oxygens (including phenoxy) is 3. The van der Waals surface area contributed by atoms with Crippen LogP contribution in [0.15, 0.2) is 71.9 Å². The summed E-state index contributed by atoms with van der Waals surface area (Å²) in [4.78, 5) is 66.2. The second-order valence-corrected chi connectivity index (χ2v) is 44.0. The molecule has 3 heterocycles. The van der Waals surface area contributed by atoms with Gasteiger partial charge in [0.2, 0.25) is 0 Å². The van der Waals surface area contributed by atoms with Crippen molar-refractivity contribution in [2.45, 2.75) is 194 Å². The number of alkyl halides is 3. The summed E-state index contributed by atoms with van der Waals surface area (Å²) in [5.41, 5.74) is 4.42. The average molecular weight is 1370 g/mol. The van der Waals surface area contributed by atoms with Gasteiger partial charge in [0, 0.05) is 55.0 Å². The third-order valence-electron chi connectivity index (χ3n) is 17.9. The molecule has 3 aromatic rings. The molecule has 0 saturated heterocycles. The zero-order valence-corrected chi connectivity index (χ0v) is 61.4. The lowest BCUT2D eigenvalue weighted by Crippen LogP contribution is -2.45. The molecular weight excluding hydrogens is 1270 g/mol. The number of nitrogens with two attached hydrogens (primary N) is 1. The largest absolute Gasteiger partial charge is 0.534 e. The van der Waals surface area contributed by atoms with Crippen molar-refractivity contribution in [2.75, 3.05) is 46.9 Å². The summed E-state index contributed by atoms with van der Waals surface area (Å²) in [6, 6.07) is 7.51. The third-order valence-corrected chi connectivity index (χ3v) is 32.4. The number of carbonyl (C=O) groups excluding carboxylic acids is 3. The number of rotatable bonds is 19. The molecule has 3 aromatic carbocycles. The predicted octanol–water partition coefficient (Wildman–Crippen LogP) is 14.6. The van der Waals surface area contributed by atoms with Gasteiger partial charge in [-0.3, -0.25) is 34.6 Å². The standard InChI is InChI=1S/C21H29F3N2O8SSi.C21H32N2O5Si.C21H34N2O3Si/c1-13-8-17(26(28)29)16(10-18(13)32-5)19(27)25-11-15(34-35(30,31)21(22,23)24)9-14(25)12-33-36(6,7)20(2,3)4;1-14-9-16(13-28-29(7,8)21(3,4)5)22(12-14)20(24)17-11-19(27-6)15(2)10-18(17)23(25)26;1-14-9-16(13-26-27(7,8)21(3,4)5)23(12-14)20(24)17-11-19(25-6)15(2)10-18(17)22/h8,10-11,14H,9,12H2,1-7H3;10-12,16H,9,13H2,1-8H3;10-12,16H,9,13,22H2,1-8H3/t14-;2*16-/m000/s1. The molecule has 2 N–H and O–H groups in total. The van der Waals surface area contributed by atoms with Crippen LogP contribution >= 0.6 is 0 Å². The number of nitrogens with zero attached hydrogens (tertiary/aromatic N) is 5. The van der Waals surface area contributed by atoms with E-state index in [2.05, 4.69) is 71.9 Å². The highest BCUT2D eigenvalue weighted by Crippen LogP contribution is 2.42. The fourth-order valence-electron chi connectivity index (χ4n) is 9.24. The summed E-state index contributed by atoms with van der Waals surface area (Å²) in [5, 5.41) is 23.2. The number of methoxy groups -OCH3 is 3. The van der Waals surface area contributed by atoms with Gasteiger partial charge in [0.15, 0.2) is 25.0 Å². The lowest BCUT2D eigenvalue weighted by atomic mass is 10.1. The number of amides is 3. The van der Waals surface area contributed by atoms with E-state index < -0.39 is 91.7 Å². The number of nitrogen functional groups attached to an aromatic ring is 1. The topological polar surface area (TPSA) is 272 Å². The molecular formula is C63H95F3N6O16SSi3. The van der Waals surface area contributed by atoms with Gasteiger partial charge in [0.1, 0.15) is 34.1 Å². The van der Waals surface area contributed by atoms with Crippen LogP contribution in [0, 0.1) is 41.0 Å². The zero-order chi connectivity index (χ0) is 70.6. The van der Waals surface area contributed by atoms with E-state index in [1.165, 1.54) is 31.9 Å². The van der Waals surface area contributed by atoms with Crippen LogP contribution in [-0.2, 0) is 27.6 Å². The van der Waals surface area contributed by atoms with Crippen molar-refractivity contribution in [3.8, 4) is 17.2 Å². The molecule has 22 nitrogen and oxygen atoms in total. The normalized spacial score (nSPS) is 17.4. The molecule has 0 unspecified atom stereocenters. The first kappa shape index (κ1) is 77.8. The molecule has 0 bridgehead atoms. The summed E-state index contributed by atoms with van der Waals surface area (Å²) in [6.07, 6.45) is 5.61. The van der Waals surface area contributed by atoms with E-state index in [-0.39, 0.29) is 56.7 Å². The van der Waals surface area contributed by atoms with Crippen LogP contribution in [0.3, 0.4) is 0 Å². The van der Waals surface area contributed by atoms with E-state index in [4.69, 9.17) is 33.2 Å². The van der Waals surface area contributed by atoms with E-state index in [0.717, 1.165) is 40.8 Å². The number of nitro benzene ring substituents is 2. The van der Waals surface area contributed by atoms with Crippen molar-refractivity contribution in [3.05, 3.63) is 126 Å². The number of halogens is 3. The number of anilines is 1. The fourth-order valence-corrected chi connectivity index (χ4v) is 12.8.